The predicted molar refractivity (Wildman–Crippen MR) is 83.0 cm³/mol. The highest BCUT2D eigenvalue weighted by atomic mass is 19.1. The molecule has 1 atom stereocenters. The van der Waals surface area contributed by atoms with Gasteiger partial charge >= 0.3 is 6.03 Å². The molecule has 1 N–H and O–H groups in total. The molecule has 1 amide bonds. The van der Waals surface area contributed by atoms with E-state index in [0.29, 0.717) is 28.2 Å². The third-order valence-electron chi connectivity index (χ3n) is 4.14. The molecule has 0 saturated carbocycles. The number of rotatable bonds is 3. The normalized spacial score (nSPS) is 16.3. The molecule has 0 spiro atoms. The number of fused-ring (bicyclic) bond motifs is 3. The number of aromatic nitrogens is 2. The van der Waals surface area contributed by atoms with Crippen molar-refractivity contribution in [3.63, 3.8) is 0 Å². The number of ether oxygens (including phenoxy) is 1. The third kappa shape index (κ3) is 2.20. The molecule has 0 bridgehead atoms. The number of halogens is 2. The van der Waals surface area contributed by atoms with Crippen LogP contribution in [0.25, 0.3) is 11.0 Å². The maximum Gasteiger partial charge on any atom is 0.328 e. The highest BCUT2D eigenvalue weighted by Gasteiger charge is 2.32. The van der Waals surface area contributed by atoms with Crippen molar-refractivity contribution < 1.29 is 18.3 Å². The molecule has 0 radical (unpaired) electrons. The van der Waals surface area contributed by atoms with Crippen LogP contribution in [-0.2, 0) is 6.42 Å². The van der Waals surface area contributed by atoms with E-state index in [1.54, 1.807) is 12.1 Å². The highest BCUT2D eigenvalue weighted by molar-refractivity contribution is 5.92. The van der Waals surface area contributed by atoms with E-state index < -0.39 is 17.7 Å². The average molecular weight is 329 g/mol. The number of nitrogens with one attached hydrogen (secondary N) is 1. The summed E-state index contributed by atoms with van der Waals surface area (Å²) >= 11 is 0. The Kier molecular flexibility index (Phi) is 3.23. The van der Waals surface area contributed by atoms with Crippen molar-refractivity contribution in [2.24, 2.45) is 0 Å². The third-order valence-corrected chi connectivity index (χ3v) is 4.14. The molecule has 4 rings (SSSR count). The average Bonchev–Trinajstić information content (AvgIpc) is 3.07. The quantitative estimate of drug-likeness (QED) is 0.803. The van der Waals surface area contributed by atoms with Crippen LogP contribution in [0.3, 0.4) is 0 Å². The summed E-state index contributed by atoms with van der Waals surface area (Å²) < 4.78 is 33.9. The van der Waals surface area contributed by atoms with Gasteiger partial charge in [0.25, 0.3) is 0 Å². The minimum atomic E-state index is -0.476. The molecule has 0 fully saturated rings. The van der Waals surface area contributed by atoms with Crippen molar-refractivity contribution in [3.8, 4) is 5.75 Å². The van der Waals surface area contributed by atoms with Crippen LogP contribution < -0.4 is 10.1 Å². The van der Waals surface area contributed by atoms with E-state index >= 15 is 0 Å². The van der Waals surface area contributed by atoms with Crippen LogP contribution in [0.15, 0.2) is 36.4 Å². The molecule has 7 heteroatoms. The zero-order chi connectivity index (χ0) is 16.8. The minimum Gasteiger partial charge on any atom is -0.497 e. The summed E-state index contributed by atoms with van der Waals surface area (Å²) in [5.74, 6) is 0.0480. The molecule has 2 aromatic carbocycles. The summed E-state index contributed by atoms with van der Waals surface area (Å²) in [7, 11) is 1.47. The van der Waals surface area contributed by atoms with Gasteiger partial charge in [-0.15, -0.1) is 0 Å². The smallest absolute Gasteiger partial charge is 0.328 e. The Hall–Kier alpha value is -2.96. The van der Waals surface area contributed by atoms with Gasteiger partial charge in [-0.2, -0.15) is 0 Å². The molecular weight excluding hydrogens is 316 g/mol. The van der Waals surface area contributed by atoms with E-state index in [1.807, 2.05) is 0 Å². The molecule has 3 aromatic rings. The molecule has 1 aliphatic rings. The summed E-state index contributed by atoms with van der Waals surface area (Å²) in [6.07, 6.45) is 0.243. The van der Waals surface area contributed by atoms with Crippen molar-refractivity contribution >= 4 is 17.1 Å². The van der Waals surface area contributed by atoms with E-state index in [4.69, 9.17) is 4.74 Å². The number of amides is 1. The lowest BCUT2D eigenvalue weighted by molar-refractivity contribution is 0.245. The van der Waals surface area contributed by atoms with Crippen molar-refractivity contribution in [2.75, 3.05) is 7.11 Å². The van der Waals surface area contributed by atoms with Gasteiger partial charge < -0.3 is 10.1 Å². The van der Waals surface area contributed by atoms with E-state index in [1.165, 1.54) is 35.9 Å². The zero-order valence-electron chi connectivity index (χ0n) is 12.7. The largest absolute Gasteiger partial charge is 0.497 e. The Bertz CT molecular complexity index is 968. The van der Waals surface area contributed by atoms with E-state index in [2.05, 4.69) is 10.3 Å². The van der Waals surface area contributed by atoms with Crippen LogP contribution in [0.4, 0.5) is 13.6 Å². The van der Waals surface area contributed by atoms with Crippen molar-refractivity contribution in [1.29, 1.82) is 0 Å². The number of nitrogens with zero attached hydrogens (tertiary/aromatic N) is 2. The second kappa shape index (κ2) is 5.30. The Labute approximate surface area is 135 Å². The van der Waals surface area contributed by atoms with E-state index in [9.17, 15) is 13.6 Å². The number of carbonyl (C=O) groups is 1. The molecular formula is C17H13F2N3O2. The minimum absolute atomic E-state index is 0.243. The maximum atomic E-state index is 14.2. The Morgan fingerprint density at radius 3 is 2.83 bits per heavy atom. The van der Waals surface area contributed by atoms with Gasteiger partial charge in [-0.1, -0.05) is 6.07 Å². The fourth-order valence-corrected chi connectivity index (χ4v) is 2.98. The SMILES string of the molecule is COc1ccc(CC2NC(=O)n3c2nc2cc(F)ccc23)c(F)c1. The first-order chi connectivity index (χ1) is 11.6. The number of hydrogen-bond acceptors (Lipinski definition) is 3. The Morgan fingerprint density at radius 1 is 1.25 bits per heavy atom. The molecule has 122 valence electrons. The number of imidazole rings is 1. The van der Waals surface area contributed by atoms with Crippen molar-refractivity contribution in [3.05, 3.63) is 59.4 Å². The van der Waals surface area contributed by atoms with Gasteiger partial charge in [0, 0.05) is 18.6 Å². The molecule has 0 saturated heterocycles. The van der Waals surface area contributed by atoms with Gasteiger partial charge in [-0.25, -0.2) is 23.1 Å². The Morgan fingerprint density at radius 2 is 2.08 bits per heavy atom. The topological polar surface area (TPSA) is 56.1 Å². The van der Waals surface area contributed by atoms with Crippen LogP contribution in [-0.4, -0.2) is 22.7 Å². The second-order valence-electron chi connectivity index (χ2n) is 5.60. The van der Waals surface area contributed by atoms with Gasteiger partial charge in [-0.05, 0) is 23.8 Å². The van der Waals surface area contributed by atoms with E-state index in [0.717, 1.165) is 0 Å². The molecule has 1 unspecified atom stereocenters. The standard InChI is InChI=1S/C17H13F2N3O2/c1-24-11-4-2-9(12(19)8-11)6-14-16-20-13-7-10(18)3-5-15(13)22(16)17(23)21-14/h2-5,7-8,14H,6H2,1H3,(H,21,23). The maximum absolute atomic E-state index is 14.2. The van der Waals surface area contributed by atoms with Gasteiger partial charge in [0.1, 0.15) is 23.2 Å². The molecule has 5 nitrogen and oxygen atoms in total. The lowest BCUT2D eigenvalue weighted by Gasteiger charge is -2.10. The molecule has 1 aliphatic heterocycles. The molecule has 1 aromatic heterocycles. The zero-order valence-corrected chi connectivity index (χ0v) is 12.7. The van der Waals surface area contributed by atoms with Gasteiger partial charge in [-0.3, -0.25) is 0 Å². The van der Waals surface area contributed by atoms with Crippen molar-refractivity contribution in [2.45, 2.75) is 12.5 Å². The number of methoxy groups -OCH3 is 1. The van der Waals surface area contributed by atoms with Gasteiger partial charge in [0.05, 0.1) is 24.2 Å². The van der Waals surface area contributed by atoms with Crippen LogP contribution in [0, 0.1) is 11.6 Å². The fourth-order valence-electron chi connectivity index (χ4n) is 2.98. The molecule has 0 aliphatic carbocycles. The first kappa shape index (κ1) is 14.6. The first-order valence-electron chi connectivity index (χ1n) is 7.38. The summed E-state index contributed by atoms with van der Waals surface area (Å²) in [5.41, 5.74) is 1.37. The summed E-state index contributed by atoms with van der Waals surface area (Å²) in [5, 5.41) is 2.78. The van der Waals surface area contributed by atoms with Gasteiger partial charge in [0.15, 0.2) is 0 Å². The van der Waals surface area contributed by atoms with E-state index in [-0.39, 0.29) is 12.5 Å². The van der Waals surface area contributed by atoms with Crippen LogP contribution in [0.1, 0.15) is 17.4 Å². The lowest BCUT2D eigenvalue weighted by Crippen LogP contribution is -2.23. The predicted octanol–water partition coefficient (Wildman–Crippen LogP) is 3.18. The number of benzene rings is 2. The van der Waals surface area contributed by atoms with Crippen LogP contribution >= 0.6 is 0 Å². The van der Waals surface area contributed by atoms with Gasteiger partial charge in [0.2, 0.25) is 0 Å². The number of hydrogen-bond donors (Lipinski definition) is 1. The monoisotopic (exact) mass is 329 g/mol. The summed E-state index contributed by atoms with van der Waals surface area (Å²) in [6.45, 7) is 0. The highest BCUT2D eigenvalue weighted by Crippen LogP contribution is 2.29. The molecule has 2 heterocycles. The Balaban J connectivity index is 1.72. The van der Waals surface area contributed by atoms with Crippen LogP contribution in [0.5, 0.6) is 5.75 Å². The van der Waals surface area contributed by atoms with Crippen molar-refractivity contribution in [1.82, 2.24) is 14.9 Å². The summed E-state index contributed by atoms with van der Waals surface area (Å²) in [4.78, 5) is 16.6. The second-order valence-corrected chi connectivity index (χ2v) is 5.60. The lowest BCUT2D eigenvalue weighted by atomic mass is 10.1. The number of carbonyl (C=O) groups excluding carboxylic acids is 1. The molecule has 24 heavy (non-hydrogen) atoms. The fraction of sp³-hybridized carbons (Fsp3) is 0.176. The summed E-state index contributed by atoms with van der Waals surface area (Å²) in [6, 6.07) is 7.81. The first-order valence-corrected chi connectivity index (χ1v) is 7.38. The van der Waals surface area contributed by atoms with Crippen LogP contribution in [0.2, 0.25) is 0 Å².